The van der Waals surface area contributed by atoms with Crippen LogP contribution in [0.1, 0.15) is 49.1 Å². The third kappa shape index (κ3) is 4.51. The summed E-state index contributed by atoms with van der Waals surface area (Å²) in [6.07, 6.45) is 2.41. The minimum atomic E-state index is -3.42. The molecule has 0 spiro atoms. The third-order valence-corrected chi connectivity index (χ3v) is 4.12. The number of piperidine rings is 1. The molecule has 1 aromatic heterocycles. The van der Waals surface area contributed by atoms with Gasteiger partial charge in [-0.05, 0) is 18.8 Å². The van der Waals surface area contributed by atoms with E-state index >= 15 is 0 Å². The Kier molecular flexibility index (Phi) is 5.17. The normalized spacial score (nSPS) is 17.2. The van der Waals surface area contributed by atoms with E-state index in [9.17, 15) is 13.2 Å². The lowest BCUT2D eigenvalue weighted by Gasteiger charge is -2.30. The summed E-state index contributed by atoms with van der Waals surface area (Å²) in [5.74, 6) is 0.480. The van der Waals surface area contributed by atoms with Crippen molar-refractivity contribution in [3.63, 3.8) is 0 Å². The highest BCUT2D eigenvalue weighted by atomic mass is 32.2. The van der Waals surface area contributed by atoms with Gasteiger partial charge in [-0.3, -0.25) is 8.98 Å². The molecular weight excluding hydrogens is 310 g/mol. The summed E-state index contributed by atoms with van der Waals surface area (Å²) in [5, 5.41) is 3.78. The summed E-state index contributed by atoms with van der Waals surface area (Å²) in [4.78, 5) is 18.0. The van der Waals surface area contributed by atoms with Crippen LogP contribution in [0.5, 0.6) is 0 Å². The van der Waals surface area contributed by atoms with E-state index in [4.69, 9.17) is 8.71 Å². The number of carbonyl (C=O) groups excluding carboxylic acids is 1. The van der Waals surface area contributed by atoms with Gasteiger partial charge < -0.3 is 9.42 Å². The van der Waals surface area contributed by atoms with Gasteiger partial charge in [-0.15, -0.1) is 0 Å². The fourth-order valence-electron chi connectivity index (χ4n) is 2.21. The second-order valence-corrected chi connectivity index (χ2v) is 7.48. The molecule has 2 heterocycles. The topological polar surface area (TPSA) is 103 Å². The number of likely N-dealkylation sites (tertiary alicyclic amines) is 1. The molecule has 1 aromatic rings. The lowest BCUT2D eigenvalue weighted by atomic mass is 9.98. The standard InChI is InChI=1S/C13H21N3O5S/c1-9(2)11-14-12(21-15-11)13(17)16-6-4-10(5-7-16)8-20-22(3,18)19/h9-10H,4-8H2,1-3H3. The summed E-state index contributed by atoms with van der Waals surface area (Å²) < 4.78 is 31.8. The van der Waals surface area contributed by atoms with Gasteiger partial charge in [-0.25, -0.2) is 0 Å². The molecule has 2 rings (SSSR count). The van der Waals surface area contributed by atoms with Crippen molar-refractivity contribution in [2.24, 2.45) is 5.92 Å². The number of carbonyl (C=O) groups is 1. The van der Waals surface area contributed by atoms with Gasteiger partial charge in [-0.2, -0.15) is 13.4 Å². The Morgan fingerprint density at radius 1 is 1.41 bits per heavy atom. The van der Waals surface area contributed by atoms with Crippen LogP contribution in [-0.4, -0.2) is 55.3 Å². The molecule has 0 unspecified atom stereocenters. The van der Waals surface area contributed by atoms with Gasteiger partial charge in [0.15, 0.2) is 5.82 Å². The van der Waals surface area contributed by atoms with Crippen LogP contribution in [0.3, 0.4) is 0 Å². The number of aromatic nitrogens is 2. The first-order valence-electron chi connectivity index (χ1n) is 7.23. The maximum absolute atomic E-state index is 12.3. The van der Waals surface area contributed by atoms with Crippen molar-refractivity contribution in [3.05, 3.63) is 11.7 Å². The Balaban J connectivity index is 1.86. The highest BCUT2D eigenvalue weighted by Gasteiger charge is 2.28. The van der Waals surface area contributed by atoms with Crippen molar-refractivity contribution in [2.75, 3.05) is 26.0 Å². The van der Waals surface area contributed by atoms with Crippen LogP contribution in [0.25, 0.3) is 0 Å². The maximum atomic E-state index is 12.3. The predicted molar refractivity (Wildman–Crippen MR) is 77.8 cm³/mol. The van der Waals surface area contributed by atoms with Crippen LogP contribution < -0.4 is 0 Å². The van der Waals surface area contributed by atoms with Crippen molar-refractivity contribution in [1.82, 2.24) is 15.0 Å². The molecule has 0 aromatic carbocycles. The van der Waals surface area contributed by atoms with Gasteiger partial charge in [0.05, 0.1) is 12.9 Å². The van der Waals surface area contributed by atoms with E-state index < -0.39 is 10.1 Å². The Morgan fingerprint density at radius 3 is 2.55 bits per heavy atom. The number of amides is 1. The zero-order chi connectivity index (χ0) is 16.3. The molecule has 22 heavy (non-hydrogen) atoms. The van der Waals surface area contributed by atoms with E-state index in [0.29, 0.717) is 31.8 Å². The average Bonchev–Trinajstić information content (AvgIpc) is 2.94. The fourth-order valence-corrected chi connectivity index (χ4v) is 2.65. The van der Waals surface area contributed by atoms with Crippen molar-refractivity contribution in [3.8, 4) is 0 Å². The molecule has 0 saturated carbocycles. The first-order chi connectivity index (χ1) is 10.3. The molecule has 1 aliphatic heterocycles. The highest BCUT2D eigenvalue weighted by Crippen LogP contribution is 2.20. The lowest BCUT2D eigenvalue weighted by molar-refractivity contribution is 0.0614. The molecule has 1 aliphatic rings. The molecular formula is C13H21N3O5S. The van der Waals surface area contributed by atoms with Crippen LogP contribution >= 0.6 is 0 Å². The lowest BCUT2D eigenvalue weighted by Crippen LogP contribution is -2.39. The van der Waals surface area contributed by atoms with Gasteiger partial charge >= 0.3 is 11.8 Å². The molecule has 0 atom stereocenters. The van der Waals surface area contributed by atoms with E-state index in [0.717, 1.165) is 6.26 Å². The number of nitrogens with zero attached hydrogens (tertiary/aromatic N) is 3. The molecule has 0 radical (unpaired) electrons. The average molecular weight is 331 g/mol. The largest absolute Gasteiger partial charge is 0.334 e. The summed E-state index contributed by atoms with van der Waals surface area (Å²) in [6.45, 7) is 5.06. The van der Waals surface area contributed by atoms with Gasteiger partial charge in [0.2, 0.25) is 0 Å². The first kappa shape index (κ1) is 16.9. The highest BCUT2D eigenvalue weighted by molar-refractivity contribution is 7.85. The molecule has 0 bridgehead atoms. The van der Waals surface area contributed by atoms with Gasteiger partial charge in [0, 0.05) is 19.0 Å². The maximum Gasteiger partial charge on any atom is 0.316 e. The zero-order valence-electron chi connectivity index (χ0n) is 13.0. The Hall–Kier alpha value is -1.48. The van der Waals surface area contributed by atoms with E-state index in [2.05, 4.69) is 10.1 Å². The molecule has 0 aliphatic carbocycles. The van der Waals surface area contributed by atoms with Gasteiger partial charge in [-0.1, -0.05) is 19.0 Å². The van der Waals surface area contributed by atoms with Crippen molar-refractivity contribution >= 4 is 16.0 Å². The molecule has 8 nitrogen and oxygen atoms in total. The molecule has 1 amide bonds. The minimum Gasteiger partial charge on any atom is -0.334 e. The monoisotopic (exact) mass is 331 g/mol. The van der Waals surface area contributed by atoms with Gasteiger partial charge in [0.25, 0.3) is 10.1 Å². The summed E-state index contributed by atoms with van der Waals surface area (Å²) in [5.41, 5.74) is 0. The number of rotatable bonds is 5. The van der Waals surface area contributed by atoms with Gasteiger partial charge in [0.1, 0.15) is 0 Å². The van der Waals surface area contributed by atoms with E-state index in [1.807, 2.05) is 13.8 Å². The van der Waals surface area contributed by atoms with E-state index in [-0.39, 0.29) is 30.2 Å². The van der Waals surface area contributed by atoms with Crippen molar-refractivity contribution in [1.29, 1.82) is 0 Å². The minimum absolute atomic E-state index is 0.00883. The van der Waals surface area contributed by atoms with Crippen molar-refractivity contribution < 1.29 is 21.9 Å². The van der Waals surface area contributed by atoms with Crippen LogP contribution in [0, 0.1) is 5.92 Å². The summed E-state index contributed by atoms with van der Waals surface area (Å²) >= 11 is 0. The second kappa shape index (κ2) is 6.74. The first-order valence-corrected chi connectivity index (χ1v) is 9.05. The number of hydrogen-bond donors (Lipinski definition) is 0. The smallest absolute Gasteiger partial charge is 0.316 e. The Bertz CT molecular complexity index is 617. The third-order valence-electron chi connectivity index (χ3n) is 3.56. The second-order valence-electron chi connectivity index (χ2n) is 5.84. The molecule has 0 N–H and O–H groups in total. The SMILES string of the molecule is CC(C)c1noc(C(=O)N2CCC(COS(C)(=O)=O)CC2)n1. The quantitative estimate of drug-likeness (QED) is 0.742. The molecule has 9 heteroatoms. The number of hydrogen-bond acceptors (Lipinski definition) is 7. The summed E-state index contributed by atoms with van der Waals surface area (Å²) in [6, 6.07) is 0. The molecule has 1 saturated heterocycles. The zero-order valence-corrected chi connectivity index (χ0v) is 13.8. The van der Waals surface area contributed by atoms with E-state index in [1.165, 1.54) is 0 Å². The van der Waals surface area contributed by atoms with Crippen molar-refractivity contribution in [2.45, 2.75) is 32.6 Å². The van der Waals surface area contributed by atoms with E-state index in [1.54, 1.807) is 4.90 Å². The van der Waals surface area contributed by atoms with Crippen LogP contribution in [0.2, 0.25) is 0 Å². The van der Waals surface area contributed by atoms with Crippen LogP contribution in [0.15, 0.2) is 4.52 Å². The molecule has 124 valence electrons. The fraction of sp³-hybridized carbons (Fsp3) is 0.769. The Labute approximate surface area is 129 Å². The predicted octanol–water partition coefficient (Wildman–Crippen LogP) is 1.02. The Morgan fingerprint density at radius 2 is 2.05 bits per heavy atom. The summed E-state index contributed by atoms with van der Waals surface area (Å²) in [7, 11) is -3.42. The molecule has 1 fully saturated rings. The van der Waals surface area contributed by atoms with Crippen LogP contribution in [0.4, 0.5) is 0 Å². The van der Waals surface area contributed by atoms with Crippen LogP contribution in [-0.2, 0) is 14.3 Å².